The molecule has 0 saturated carbocycles. The van der Waals surface area contributed by atoms with Crippen molar-refractivity contribution in [2.45, 2.75) is 26.3 Å². The first kappa shape index (κ1) is 19.3. The zero-order valence-electron chi connectivity index (χ0n) is 11.1. The van der Waals surface area contributed by atoms with Gasteiger partial charge < -0.3 is 29.2 Å². The van der Waals surface area contributed by atoms with Crippen molar-refractivity contribution >= 4 is 8.80 Å². The van der Waals surface area contributed by atoms with E-state index in [0.717, 1.165) is 6.42 Å². The van der Waals surface area contributed by atoms with Crippen LogP contribution < -0.4 is 5.73 Å². The van der Waals surface area contributed by atoms with E-state index in [9.17, 15) is 0 Å². The third kappa shape index (κ3) is 9.66. The molecule has 7 heteroatoms. The van der Waals surface area contributed by atoms with Gasteiger partial charge in [-0.2, -0.15) is 0 Å². The Labute approximate surface area is 105 Å². The van der Waals surface area contributed by atoms with Crippen LogP contribution >= 0.6 is 0 Å². The average molecular weight is 269 g/mol. The van der Waals surface area contributed by atoms with Gasteiger partial charge in [-0.25, -0.2) is 0 Å². The van der Waals surface area contributed by atoms with Gasteiger partial charge in [0.25, 0.3) is 0 Å². The zero-order valence-corrected chi connectivity index (χ0v) is 12.1. The second-order valence-corrected chi connectivity index (χ2v) is 5.74. The van der Waals surface area contributed by atoms with Crippen LogP contribution in [0.5, 0.6) is 0 Å². The Balaban J connectivity index is 0. The number of rotatable bonds is 10. The van der Waals surface area contributed by atoms with Gasteiger partial charge in [0.2, 0.25) is 0 Å². The Bertz CT molecular complexity index is 135. The molecule has 0 heterocycles. The van der Waals surface area contributed by atoms with Crippen LogP contribution in [0.2, 0.25) is 6.04 Å². The maximum atomic E-state index is 8.73. The van der Waals surface area contributed by atoms with E-state index < -0.39 is 8.80 Å². The van der Waals surface area contributed by atoms with E-state index in [2.05, 4.69) is 5.73 Å². The van der Waals surface area contributed by atoms with Gasteiger partial charge in [0.05, 0.1) is 26.4 Å². The molecule has 0 fully saturated rings. The molecule has 0 aromatic rings. The molecular weight excluding hydrogens is 242 g/mol. The lowest BCUT2D eigenvalue weighted by molar-refractivity contribution is 0.0394. The third-order valence-corrected chi connectivity index (χ3v) is 4.88. The summed E-state index contributed by atoms with van der Waals surface area (Å²) in [5.74, 6) is 0. The topological polar surface area (TPSA) is 94.2 Å². The smallest absolute Gasteiger partial charge is 0.394 e. The van der Waals surface area contributed by atoms with E-state index in [4.69, 9.17) is 23.5 Å². The van der Waals surface area contributed by atoms with Crippen LogP contribution in [0.4, 0.5) is 0 Å². The van der Waals surface area contributed by atoms with Crippen LogP contribution in [-0.2, 0) is 13.3 Å². The minimum Gasteiger partial charge on any atom is -0.394 e. The van der Waals surface area contributed by atoms with Crippen LogP contribution in [0.1, 0.15) is 20.3 Å². The standard InChI is InChI=1S/C9H22O5Si.CH5N/c1-3-9-15(12-4-2,13-7-5-10)14-8-6-11;1-2/h10-11H,3-9H2,1-2H3;2H2,1H3. The second-order valence-electron chi connectivity index (χ2n) is 3.01. The lowest BCUT2D eigenvalue weighted by Crippen LogP contribution is -2.47. The van der Waals surface area contributed by atoms with Gasteiger partial charge in [-0.3, -0.25) is 0 Å². The molecule has 6 nitrogen and oxygen atoms in total. The molecular formula is C10H27NO5Si. The summed E-state index contributed by atoms with van der Waals surface area (Å²) in [6, 6.07) is 0.709. The summed E-state index contributed by atoms with van der Waals surface area (Å²) in [4.78, 5) is 0. The van der Waals surface area contributed by atoms with E-state index in [1.54, 1.807) is 0 Å². The molecule has 0 atom stereocenters. The molecule has 0 unspecified atom stereocenters. The summed E-state index contributed by atoms with van der Waals surface area (Å²) in [6.45, 7) is 4.76. The van der Waals surface area contributed by atoms with Gasteiger partial charge in [-0.1, -0.05) is 13.3 Å². The normalized spacial score (nSPS) is 10.9. The van der Waals surface area contributed by atoms with Gasteiger partial charge in [0.1, 0.15) is 0 Å². The molecule has 0 amide bonds. The van der Waals surface area contributed by atoms with Gasteiger partial charge in [0.15, 0.2) is 0 Å². The van der Waals surface area contributed by atoms with Crippen molar-refractivity contribution in [3.05, 3.63) is 0 Å². The first-order valence-corrected chi connectivity index (χ1v) is 7.89. The van der Waals surface area contributed by atoms with Crippen LogP contribution in [0.15, 0.2) is 0 Å². The Hall–Kier alpha value is -0.0231. The minimum absolute atomic E-state index is 0.0476. The summed E-state index contributed by atoms with van der Waals surface area (Å²) in [5.41, 5.74) is 4.50. The van der Waals surface area contributed by atoms with E-state index >= 15 is 0 Å². The fourth-order valence-corrected chi connectivity index (χ4v) is 3.81. The lowest BCUT2D eigenvalue weighted by Gasteiger charge is -2.28. The minimum atomic E-state index is -2.66. The number of hydrogen-bond acceptors (Lipinski definition) is 6. The SMILES string of the molecule is CCC[Si](OCC)(OCCO)OCCO.CN. The second kappa shape index (κ2) is 14.0. The molecule has 0 aliphatic heterocycles. The quantitative estimate of drug-likeness (QED) is 0.482. The van der Waals surface area contributed by atoms with E-state index in [1.807, 2.05) is 13.8 Å². The maximum Gasteiger partial charge on any atom is 0.501 e. The number of hydrogen-bond donors (Lipinski definition) is 3. The van der Waals surface area contributed by atoms with Gasteiger partial charge >= 0.3 is 8.80 Å². The largest absolute Gasteiger partial charge is 0.501 e. The molecule has 106 valence electrons. The molecule has 0 spiro atoms. The summed E-state index contributed by atoms with van der Waals surface area (Å²) in [6.07, 6.45) is 0.892. The number of aliphatic hydroxyl groups is 2. The molecule has 0 radical (unpaired) electrons. The zero-order chi connectivity index (χ0) is 13.6. The summed E-state index contributed by atoms with van der Waals surface area (Å²) in [5, 5.41) is 17.5. The van der Waals surface area contributed by atoms with Crippen molar-refractivity contribution in [2.24, 2.45) is 5.73 Å². The summed E-state index contributed by atoms with van der Waals surface area (Å²) < 4.78 is 16.5. The molecule has 0 aromatic carbocycles. The molecule has 17 heavy (non-hydrogen) atoms. The number of nitrogens with two attached hydrogens (primary N) is 1. The van der Waals surface area contributed by atoms with Gasteiger partial charge in [-0.05, 0) is 14.0 Å². The predicted molar refractivity (Wildman–Crippen MR) is 68.7 cm³/mol. The highest BCUT2D eigenvalue weighted by molar-refractivity contribution is 6.60. The third-order valence-electron chi connectivity index (χ3n) is 1.75. The Morgan fingerprint density at radius 2 is 1.41 bits per heavy atom. The summed E-state index contributed by atoms with van der Waals surface area (Å²) in [7, 11) is -1.16. The van der Waals surface area contributed by atoms with E-state index in [0.29, 0.717) is 12.7 Å². The molecule has 0 aliphatic carbocycles. The van der Waals surface area contributed by atoms with Crippen LogP contribution in [0.25, 0.3) is 0 Å². The molecule has 0 aliphatic rings. The van der Waals surface area contributed by atoms with Crippen molar-refractivity contribution in [3.63, 3.8) is 0 Å². The Morgan fingerprint density at radius 1 is 0.941 bits per heavy atom. The fourth-order valence-electron chi connectivity index (χ4n) is 1.27. The highest BCUT2D eigenvalue weighted by Gasteiger charge is 2.39. The number of aliphatic hydroxyl groups excluding tert-OH is 2. The monoisotopic (exact) mass is 269 g/mol. The summed E-state index contributed by atoms with van der Waals surface area (Å²) >= 11 is 0. The van der Waals surface area contributed by atoms with E-state index in [-0.39, 0.29) is 26.4 Å². The fraction of sp³-hybridized carbons (Fsp3) is 1.00. The van der Waals surface area contributed by atoms with Crippen molar-refractivity contribution in [3.8, 4) is 0 Å². The van der Waals surface area contributed by atoms with Gasteiger partial charge in [0, 0.05) is 12.7 Å². The van der Waals surface area contributed by atoms with Crippen LogP contribution in [0, 0.1) is 0 Å². The van der Waals surface area contributed by atoms with Crippen molar-refractivity contribution in [1.29, 1.82) is 0 Å². The maximum absolute atomic E-state index is 8.73. The van der Waals surface area contributed by atoms with Crippen molar-refractivity contribution in [1.82, 2.24) is 0 Å². The van der Waals surface area contributed by atoms with Crippen molar-refractivity contribution in [2.75, 3.05) is 40.1 Å². The highest BCUT2D eigenvalue weighted by Crippen LogP contribution is 2.17. The van der Waals surface area contributed by atoms with Crippen LogP contribution in [0.3, 0.4) is 0 Å². The average Bonchev–Trinajstić information content (AvgIpc) is 2.37. The first-order valence-electron chi connectivity index (χ1n) is 5.96. The molecule has 0 rings (SSSR count). The molecule has 0 saturated heterocycles. The van der Waals surface area contributed by atoms with E-state index in [1.165, 1.54) is 7.05 Å². The lowest BCUT2D eigenvalue weighted by atomic mass is 10.6. The van der Waals surface area contributed by atoms with Crippen molar-refractivity contribution < 1.29 is 23.5 Å². The first-order chi connectivity index (χ1) is 8.24. The predicted octanol–water partition coefficient (Wildman–Crippen LogP) is -0.0355. The highest BCUT2D eigenvalue weighted by atomic mass is 28.4. The van der Waals surface area contributed by atoms with Crippen LogP contribution in [-0.4, -0.2) is 59.1 Å². The Morgan fingerprint density at radius 3 is 1.71 bits per heavy atom. The molecule has 0 bridgehead atoms. The molecule has 0 aromatic heterocycles. The molecule has 4 N–H and O–H groups in total. The Kier molecular flexibility index (Phi) is 16.0. The van der Waals surface area contributed by atoms with Gasteiger partial charge in [-0.15, -0.1) is 0 Å².